The van der Waals surface area contributed by atoms with Gasteiger partial charge >= 0.3 is 6.72 Å². The molecule has 0 saturated heterocycles. The van der Waals surface area contributed by atoms with E-state index in [9.17, 15) is 0 Å². The van der Waals surface area contributed by atoms with Gasteiger partial charge in [0.25, 0.3) is 0 Å². The first-order valence-electron chi connectivity index (χ1n) is 39.2. The molecule has 0 aliphatic heterocycles. The van der Waals surface area contributed by atoms with Gasteiger partial charge in [-0.2, -0.15) is 0 Å². The summed E-state index contributed by atoms with van der Waals surface area (Å²) < 4.78 is 37.8. The fourth-order valence-corrected chi connectivity index (χ4v) is 14.1. The lowest BCUT2D eigenvalue weighted by molar-refractivity contribution is 0.304. The Labute approximate surface area is 600 Å². The molecule has 536 valence electrons. The molecule has 0 saturated carbocycles. The summed E-state index contributed by atoms with van der Waals surface area (Å²) in [6.45, 7) is 5.56. The third-order valence-electron chi connectivity index (χ3n) is 18.2. The number of aliphatic imine (C=N–C) groups is 3. The Balaban J connectivity index is 0.949. The van der Waals surface area contributed by atoms with Crippen LogP contribution in [0.1, 0.15) is 307 Å². The topological polar surface area (TPSA) is 92.5 Å². The van der Waals surface area contributed by atoms with Gasteiger partial charge in [0.05, 0.1) is 36.9 Å². The molecule has 0 bridgehead atoms. The number of hydrogen-bond acceptors (Lipinski definition) is 10. The lowest BCUT2D eigenvalue weighted by Crippen LogP contribution is -2.07. The summed E-state index contributed by atoms with van der Waals surface area (Å²) in [4.78, 5) is 14.2. The summed E-state index contributed by atoms with van der Waals surface area (Å²) in [6, 6.07) is 46.8. The quantitative estimate of drug-likeness (QED) is 0.0213. The van der Waals surface area contributed by atoms with Crippen molar-refractivity contribution in [2.75, 3.05) is 19.8 Å². The largest absolute Gasteiger partial charge is 0.494 e. The summed E-state index contributed by atoms with van der Waals surface area (Å²) in [5, 5.41) is 0. The molecule has 6 rings (SSSR count). The van der Waals surface area contributed by atoms with Gasteiger partial charge in [-0.05, 0) is 182 Å². The summed E-state index contributed by atoms with van der Waals surface area (Å²) in [5.41, 5.74) is 5.24. The van der Waals surface area contributed by atoms with Crippen molar-refractivity contribution in [1.82, 2.24) is 0 Å². The minimum atomic E-state index is -3.51. The number of rotatable bonds is 60. The Bertz CT molecular complexity index is 2700. The molecule has 0 aliphatic carbocycles. The molecule has 98 heavy (non-hydrogen) atoms. The van der Waals surface area contributed by atoms with E-state index in [1.165, 1.54) is 250 Å². The average molecular weight is 1370 g/mol. The minimum absolute atomic E-state index is 0.510. The predicted molar refractivity (Wildman–Crippen MR) is 424 cm³/mol. The van der Waals surface area contributed by atoms with E-state index in [2.05, 4.69) is 20.8 Å². The van der Waals surface area contributed by atoms with Crippen molar-refractivity contribution in [2.24, 2.45) is 15.0 Å². The van der Waals surface area contributed by atoms with Crippen LogP contribution in [0.3, 0.4) is 0 Å². The van der Waals surface area contributed by atoms with Crippen LogP contribution in [0.2, 0.25) is 0 Å². The standard InChI is InChI=1S/C87H126N3O6PS/c1-4-7-10-13-16-19-22-25-28-31-34-37-40-43-70-91-82-64-52-79(53-65-82)88-73-76-46-58-85(59-47-76)94-97(98,95-86-60-48-77(49-61-86)74-89-80-54-66-83(67-55-80)92-71-44-41-38-35-32-29-26-23-20-17-14-11-8-5-2)96-87-62-50-78(51-63-87)75-90-81-56-68-84(69-57-81)93-72-45-42-39-36-33-30-27-24-21-18-15-12-9-6-3/h46-69,73-75H,4-45,70-72H2,1-3H3. The Kier molecular flexibility index (Phi) is 44.2. The van der Waals surface area contributed by atoms with Crippen LogP contribution in [0.15, 0.2) is 161 Å². The molecule has 0 atom stereocenters. The van der Waals surface area contributed by atoms with Crippen LogP contribution >= 0.6 is 6.72 Å². The van der Waals surface area contributed by atoms with Crippen LogP contribution in [-0.2, 0) is 11.8 Å². The van der Waals surface area contributed by atoms with Gasteiger partial charge in [0, 0.05) is 30.5 Å². The van der Waals surface area contributed by atoms with Gasteiger partial charge in [-0.3, -0.25) is 15.0 Å². The highest BCUT2D eigenvalue weighted by Gasteiger charge is 2.27. The van der Waals surface area contributed by atoms with Gasteiger partial charge in [0.2, 0.25) is 0 Å². The Hall–Kier alpha value is -6.22. The SMILES string of the molecule is CCCCCCCCCCCCCCCCOc1ccc(N=Cc2ccc(OP(=S)(Oc3ccc(C=Nc4ccc(OCCCCCCCCCCCCCCCC)cc4)cc3)Oc3ccc(C=Nc4ccc(OCCCCCCCCCCCCCCCC)cc4)cc3)cc2)cc1. The number of ether oxygens (including phenoxy) is 3. The zero-order chi connectivity index (χ0) is 68.7. The first kappa shape index (κ1) is 80.8. The first-order valence-corrected chi connectivity index (χ1v) is 41.7. The van der Waals surface area contributed by atoms with E-state index in [1.54, 1.807) is 0 Å². The number of nitrogens with zero attached hydrogens (tertiary/aromatic N) is 3. The second-order valence-corrected chi connectivity index (χ2v) is 29.8. The number of unbranched alkanes of at least 4 members (excludes halogenated alkanes) is 39. The van der Waals surface area contributed by atoms with Crippen LogP contribution in [0.4, 0.5) is 17.1 Å². The molecule has 0 radical (unpaired) electrons. The first-order chi connectivity index (χ1) is 48.4. The van der Waals surface area contributed by atoms with E-state index in [-0.39, 0.29) is 0 Å². The predicted octanol–water partition coefficient (Wildman–Crippen LogP) is 28.3. The van der Waals surface area contributed by atoms with Gasteiger partial charge in [-0.1, -0.05) is 271 Å². The summed E-state index contributed by atoms with van der Waals surface area (Å²) in [6.07, 6.45) is 62.0. The molecule has 0 aliphatic rings. The number of hydrogen-bond donors (Lipinski definition) is 0. The highest BCUT2D eigenvalue weighted by atomic mass is 32.5. The van der Waals surface area contributed by atoms with Gasteiger partial charge in [-0.15, -0.1) is 0 Å². The van der Waals surface area contributed by atoms with Crippen molar-refractivity contribution in [3.8, 4) is 34.5 Å². The molecule has 0 unspecified atom stereocenters. The zero-order valence-electron chi connectivity index (χ0n) is 61.1. The van der Waals surface area contributed by atoms with E-state index in [4.69, 9.17) is 54.6 Å². The van der Waals surface area contributed by atoms with E-state index < -0.39 is 6.72 Å². The molecule has 0 spiro atoms. The highest BCUT2D eigenvalue weighted by Crippen LogP contribution is 2.50. The monoisotopic (exact) mass is 1370 g/mol. The van der Waals surface area contributed by atoms with E-state index >= 15 is 0 Å². The van der Waals surface area contributed by atoms with Crippen molar-refractivity contribution in [3.63, 3.8) is 0 Å². The molecule has 0 fully saturated rings. The molecule has 0 amide bonds. The maximum atomic E-state index is 6.52. The third-order valence-corrected chi connectivity index (χ3v) is 20.2. The summed E-state index contributed by atoms with van der Waals surface area (Å²) >= 11 is 6.20. The Morgan fingerprint density at radius 3 is 0.602 bits per heavy atom. The lowest BCUT2D eigenvalue weighted by Gasteiger charge is -2.23. The van der Waals surface area contributed by atoms with Crippen molar-refractivity contribution < 1.29 is 27.8 Å². The molecule has 11 heteroatoms. The molecule has 6 aromatic carbocycles. The fraction of sp³-hybridized carbons (Fsp3) is 0.552. The molecule has 0 heterocycles. The molecular formula is C87H126N3O6PS. The van der Waals surface area contributed by atoms with Gasteiger partial charge in [-0.25, -0.2) is 0 Å². The second-order valence-electron chi connectivity index (χ2n) is 27.0. The second kappa shape index (κ2) is 53.7. The van der Waals surface area contributed by atoms with E-state index in [1.807, 2.05) is 164 Å². The number of benzene rings is 6. The lowest BCUT2D eigenvalue weighted by atomic mass is 10.0. The van der Waals surface area contributed by atoms with Crippen molar-refractivity contribution in [3.05, 3.63) is 162 Å². The minimum Gasteiger partial charge on any atom is -0.494 e. The molecular weight excluding hydrogens is 1250 g/mol. The third kappa shape index (κ3) is 39.0. The normalized spacial score (nSPS) is 12.2. The summed E-state index contributed by atoms with van der Waals surface area (Å²) in [5.74, 6) is 4.14. The molecule has 9 nitrogen and oxygen atoms in total. The van der Waals surface area contributed by atoms with E-state index in [0.717, 1.165) is 90.1 Å². The molecule has 0 N–H and O–H groups in total. The van der Waals surface area contributed by atoms with Gasteiger partial charge < -0.3 is 27.8 Å². The average Bonchev–Trinajstić information content (AvgIpc) is 0.858. The Morgan fingerprint density at radius 2 is 0.408 bits per heavy atom. The zero-order valence-corrected chi connectivity index (χ0v) is 62.8. The van der Waals surface area contributed by atoms with Crippen molar-refractivity contribution in [1.29, 1.82) is 0 Å². The van der Waals surface area contributed by atoms with Crippen LogP contribution in [-0.4, -0.2) is 38.5 Å². The van der Waals surface area contributed by atoms with Gasteiger partial charge in [0.1, 0.15) is 34.5 Å². The molecule has 6 aromatic rings. The highest BCUT2D eigenvalue weighted by molar-refractivity contribution is 8.08. The fourth-order valence-electron chi connectivity index (χ4n) is 12.1. The molecule has 0 aromatic heterocycles. The maximum Gasteiger partial charge on any atom is 0.490 e. The maximum absolute atomic E-state index is 6.52. The van der Waals surface area contributed by atoms with Crippen LogP contribution in [0, 0.1) is 0 Å². The van der Waals surface area contributed by atoms with Crippen LogP contribution in [0.25, 0.3) is 0 Å². The smallest absolute Gasteiger partial charge is 0.490 e. The van der Waals surface area contributed by atoms with Crippen LogP contribution < -0.4 is 27.8 Å². The summed E-state index contributed by atoms with van der Waals surface area (Å²) in [7, 11) is 0. The van der Waals surface area contributed by atoms with Crippen LogP contribution in [0.5, 0.6) is 34.5 Å². The van der Waals surface area contributed by atoms with Crippen molar-refractivity contribution in [2.45, 2.75) is 290 Å². The van der Waals surface area contributed by atoms with Gasteiger partial charge in [0.15, 0.2) is 0 Å². The van der Waals surface area contributed by atoms with Crippen molar-refractivity contribution >= 4 is 54.2 Å². The Morgan fingerprint density at radius 1 is 0.235 bits per heavy atom. The van der Waals surface area contributed by atoms with E-state index in [0.29, 0.717) is 17.2 Å².